The number of nitrogen functional groups attached to an aromatic ring is 1. The molecule has 2 N–H and O–H groups in total. The first-order valence-electron chi connectivity index (χ1n) is 7.62. The first-order chi connectivity index (χ1) is 11.2. The molecule has 0 bridgehead atoms. The Kier molecular flexibility index (Phi) is 3.23. The fraction of sp³-hybridized carbons (Fsp3) is 0.375. The summed E-state index contributed by atoms with van der Waals surface area (Å²) >= 11 is 0. The van der Waals surface area contributed by atoms with Crippen molar-refractivity contribution in [2.24, 2.45) is 0 Å². The van der Waals surface area contributed by atoms with Crippen molar-refractivity contribution >= 4 is 16.7 Å². The average molecular weight is 311 g/mol. The minimum atomic E-state index is -0.412. The van der Waals surface area contributed by atoms with E-state index in [9.17, 15) is 0 Å². The highest BCUT2D eigenvalue weighted by atomic mass is 16.5. The van der Waals surface area contributed by atoms with Crippen LogP contribution in [-0.4, -0.2) is 27.2 Å². The van der Waals surface area contributed by atoms with Gasteiger partial charge >= 0.3 is 0 Å². The molecule has 0 radical (unpaired) electrons. The fourth-order valence-corrected chi connectivity index (χ4v) is 3.20. The van der Waals surface area contributed by atoms with Gasteiger partial charge in [-0.2, -0.15) is 4.98 Å². The molecule has 23 heavy (non-hydrogen) atoms. The van der Waals surface area contributed by atoms with E-state index in [2.05, 4.69) is 20.1 Å². The van der Waals surface area contributed by atoms with Crippen LogP contribution in [0.4, 0.5) is 5.82 Å². The third-order valence-corrected chi connectivity index (χ3v) is 4.55. The summed E-state index contributed by atoms with van der Waals surface area (Å²) in [5.41, 5.74) is 6.99. The van der Waals surface area contributed by atoms with Crippen molar-refractivity contribution in [3.8, 4) is 11.5 Å². The van der Waals surface area contributed by atoms with E-state index in [4.69, 9.17) is 15.0 Å². The molecule has 0 aliphatic heterocycles. The van der Waals surface area contributed by atoms with Gasteiger partial charge in [-0.1, -0.05) is 5.16 Å². The van der Waals surface area contributed by atoms with Crippen molar-refractivity contribution in [1.29, 1.82) is 0 Å². The number of aromatic nitrogens is 4. The first kappa shape index (κ1) is 14.1. The topological polar surface area (TPSA) is 100.0 Å². The lowest BCUT2D eigenvalue weighted by molar-refractivity contribution is -0.0178. The van der Waals surface area contributed by atoms with Crippen LogP contribution in [-0.2, 0) is 10.3 Å². The molecule has 2 heterocycles. The van der Waals surface area contributed by atoms with Gasteiger partial charge in [0.1, 0.15) is 17.7 Å². The maximum atomic E-state index is 5.85. The summed E-state index contributed by atoms with van der Waals surface area (Å²) in [7, 11) is 1.71. The predicted molar refractivity (Wildman–Crippen MR) is 84.4 cm³/mol. The molecule has 7 heteroatoms. The van der Waals surface area contributed by atoms with Crippen molar-refractivity contribution in [3.63, 3.8) is 0 Å². The van der Waals surface area contributed by atoms with Gasteiger partial charge < -0.3 is 15.0 Å². The van der Waals surface area contributed by atoms with Crippen molar-refractivity contribution in [2.75, 3.05) is 12.8 Å². The molecule has 0 amide bonds. The standard InChI is InChI=1S/C16H17N5O2/c1-22-16(6-2-3-7-16)15-20-14(23-21-15)10-4-5-11-12(8-10)18-9-19-13(11)17/h4-5,8-9H,2-3,6-7H2,1H3,(H2,17,18,19). The van der Waals surface area contributed by atoms with Gasteiger partial charge in [-0.3, -0.25) is 0 Å². The monoisotopic (exact) mass is 311 g/mol. The van der Waals surface area contributed by atoms with Crippen LogP contribution in [0.3, 0.4) is 0 Å². The summed E-state index contributed by atoms with van der Waals surface area (Å²) in [4.78, 5) is 12.8. The molecule has 0 atom stereocenters. The van der Waals surface area contributed by atoms with Crippen LogP contribution in [0.1, 0.15) is 31.5 Å². The van der Waals surface area contributed by atoms with E-state index >= 15 is 0 Å². The maximum absolute atomic E-state index is 5.85. The zero-order valence-corrected chi connectivity index (χ0v) is 12.8. The van der Waals surface area contributed by atoms with Gasteiger partial charge in [-0.25, -0.2) is 9.97 Å². The second kappa shape index (κ2) is 5.27. The lowest BCUT2D eigenvalue weighted by atomic mass is 10.0. The molecule has 4 rings (SSSR count). The highest BCUT2D eigenvalue weighted by Crippen LogP contribution is 2.40. The number of ether oxygens (including phenoxy) is 1. The SMILES string of the molecule is COC1(c2noc(-c3ccc4c(N)ncnc4c3)n2)CCCC1. The molecule has 2 aromatic heterocycles. The van der Waals surface area contributed by atoms with Crippen molar-refractivity contribution in [3.05, 3.63) is 30.4 Å². The fourth-order valence-electron chi connectivity index (χ4n) is 3.20. The number of hydrogen-bond acceptors (Lipinski definition) is 7. The summed E-state index contributed by atoms with van der Waals surface area (Å²) in [6.07, 6.45) is 5.51. The Bertz CT molecular complexity index is 855. The lowest BCUT2D eigenvalue weighted by Crippen LogP contribution is -2.25. The van der Waals surface area contributed by atoms with Crippen LogP contribution in [0.5, 0.6) is 0 Å². The highest BCUT2D eigenvalue weighted by Gasteiger charge is 2.40. The Balaban J connectivity index is 1.74. The lowest BCUT2D eigenvalue weighted by Gasteiger charge is -2.22. The summed E-state index contributed by atoms with van der Waals surface area (Å²) in [5, 5.41) is 4.95. The number of nitrogens with two attached hydrogens (primary N) is 1. The largest absolute Gasteiger partial charge is 0.383 e. The Labute approximate surface area is 132 Å². The van der Waals surface area contributed by atoms with Gasteiger partial charge in [0.25, 0.3) is 5.89 Å². The van der Waals surface area contributed by atoms with Crippen LogP contribution in [0.15, 0.2) is 29.0 Å². The molecule has 1 aliphatic carbocycles. The molecule has 118 valence electrons. The molecule has 1 fully saturated rings. The molecular formula is C16H17N5O2. The maximum Gasteiger partial charge on any atom is 0.258 e. The second-order valence-corrected chi connectivity index (χ2v) is 5.82. The van der Waals surface area contributed by atoms with Crippen LogP contribution < -0.4 is 5.73 Å². The van der Waals surface area contributed by atoms with Gasteiger partial charge in [0, 0.05) is 18.1 Å². The van der Waals surface area contributed by atoms with Crippen LogP contribution in [0, 0.1) is 0 Å². The van der Waals surface area contributed by atoms with Crippen molar-refractivity contribution < 1.29 is 9.26 Å². The number of rotatable bonds is 3. The molecule has 0 saturated heterocycles. The molecule has 3 aromatic rings. The van der Waals surface area contributed by atoms with E-state index in [1.54, 1.807) is 7.11 Å². The summed E-state index contributed by atoms with van der Waals surface area (Å²) in [6, 6.07) is 5.62. The van der Waals surface area contributed by atoms with Crippen LogP contribution in [0.25, 0.3) is 22.4 Å². The van der Waals surface area contributed by atoms with Gasteiger partial charge in [0.15, 0.2) is 0 Å². The normalized spacial score (nSPS) is 16.9. The third-order valence-electron chi connectivity index (χ3n) is 4.55. The summed E-state index contributed by atoms with van der Waals surface area (Å²) < 4.78 is 11.2. The molecule has 0 unspecified atom stereocenters. The van der Waals surface area contributed by atoms with Gasteiger partial charge in [-0.15, -0.1) is 0 Å². The molecular weight excluding hydrogens is 294 g/mol. The summed E-state index contributed by atoms with van der Waals surface area (Å²) in [6.45, 7) is 0. The van der Waals surface area contributed by atoms with E-state index in [1.165, 1.54) is 6.33 Å². The predicted octanol–water partition coefficient (Wildman–Crippen LogP) is 2.68. The zero-order chi connectivity index (χ0) is 15.9. The first-order valence-corrected chi connectivity index (χ1v) is 7.62. The Hall–Kier alpha value is -2.54. The van der Waals surface area contributed by atoms with Crippen molar-refractivity contribution in [1.82, 2.24) is 20.1 Å². The van der Waals surface area contributed by atoms with Gasteiger partial charge in [0.2, 0.25) is 5.82 Å². The Morgan fingerprint density at radius 2 is 2.04 bits per heavy atom. The second-order valence-electron chi connectivity index (χ2n) is 5.82. The third kappa shape index (κ3) is 2.24. The van der Waals surface area contributed by atoms with Crippen molar-refractivity contribution in [2.45, 2.75) is 31.3 Å². The Morgan fingerprint density at radius 3 is 2.83 bits per heavy atom. The van der Waals surface area contributed by atoms with E-state index in [0.717, 1.165) is 42.1 Å². The minimum absolute atomic E-state index is 0.412. The molecule has 1 aliphatic rings. The zero-order valence-electron chi connectivity index (χ0n) is 12.8. The number of nitrogens with zero attached hydrogens (tertiary/aromatic N) is 4. The number of methoxy groups -OCH3 is 1. The molecule has 1 saturated carbocycles. The quantitative estimate of drug-likeness (QED) is 0.793. The molecule has 0 spiro atoms. The van der Waals surface area contributed by atoms with E-state index in [0.29, 0.717) is 17.5 Å². The van der Waals surface area contributed by atoms with Gasteiger partial charge in [-0.05, 0) is 43.9 Å². The average Bonchev–Trinajstić information content (AvgIpc) is 3.25. The minimum Gasteiger partial charge on any atom is -0.383 e. The van der Waals surface area contributed by atoms with E-state index in [-0.39, 0.29) is 0 Å². The molecule has 7 nitrogen and oxygen atoms in total. The van der Waals surface area contributed by atoms with E-state index < -0.39 is 5.60 Å². The number of hydrogen-bond donors (Lipinski definition) is 1. The smallest absolute Gasteiger partial charge is 0.258 e. The number of fused-ring (bicyclic) bond motifs is 1. The molecule has 1 aromatic carbocycles. The Morgan fingerprint density at radius 1 is 1.22 bits per heavy atom. The highest BCUT2D eigenvalue weighted by molar-refractivity contribution is 5.90. The van der Waals surface area contributed by atoms with E-state index in [1.807, 2.05) is 18.2 Å². The van der Waals surface area contributed by atoms with Gasteiger partial charge in [0.05, 0.1) is 5.52 Å². The summed E-state index contributed by atoms with van der Waals surface area (Å²) in [5.74, 6) is 1.54. The van der Waals surface area contributed by atoms with Crippen LogP contribution in [0.2, 0.25) is 0 Å². The van der Waals surface area contributed by atoms with Crippen LogP contribution >= 0.6 is 0 Å². The number of anilines is 1. The number of benzene rings is 1.